The lowest BCUT2D eigenvalue weighted by atomic mass is 9.84. The van der Waals surface area contributed by atoms with Crippen LogP contribution in [-0.4, -0.2) is 24.1 Å². The predicted molar refractivity (Wildman–Crippen MR) is 165 cm³/mol. The van der Waals surface area contributed by atoms with Crippen LogP contribution in [0.15, 0.2) is 78.9 Å². The number of hydrogen-bond acceptors (Lipinski definition) is 3. The molecule has 3 nitrogen and oxygen atoms in total. The molecule has 1 heterocycles. The van der Waals surface area contributed by atoms with E-state index in [0.717, 1.165) is 53.6 Å². The van der Waals surface area contributed by atoms with Crippen LogP contribution in [0.25, 0.3) is 10.9 Å². The first-order chi connectivity index (χ1) is 18.4. The molecule has 0 saturated heterocycles. The van der Waals surface area contributed by atoms with E-state index in [0.29, 0.717) is 0 Å². The monoisotopic (exact) mass is 509 g/mol. The average Bonchev–Trinajstić information content (AvgIpc) is 2.94. The highest BCUT2D eigenvalue weighted by Crippen LogP contribution is 2.27. The van der Waals surface area contributed by atoms with Gasteiger partial charge in [-0.15, -0.1) is 0 Å². The molecule has 0 spiro atoms. The normalized spacial score (nSPS) is 16.6. The van der Waals surface area contributed by atoms with Gasteiger partial charge >= 0.3 is 0 Å². The van der Waals surface area contributed by atoms with E-state index < -0.39 is 0 Å². The van der Waals surface area contributed by atoms with E-state index in [1.807, 2.05) is 50.2 Å². The summed E-state index contributed by atoms with van der Waals surface area (Å²) in [5.41, 5.74) is 5.41. The van der Waals surface area contributed by atoms with E-state index in [1.165, 1.54) is 42.4 Å². The molecule has 4 aromatic rings. The molecule has 1 aromatic heterocycles. The second kappa shape index (κ2) is 15.3. The van der Waals surface area contributed by atoms with Crippen molar-refractivity contribution >= 4 is 16.7 Å². The van der Waals surface area contributed by atoms with Crippen molar-refractivity contribution in [3.63, 3.8) is 0 Å². The summed E-state index contributed by atoms with van der Waals surface area (Å²) >= 11 is 0. The third kappa shape index (κ3) is 9.28. The Morgan fingerprint density at radius 2 is 1.24 bits per heavy atom. The van der Waals surface area contributed by atoms with Gasteiger partial charge in [-0.1, -0.05) is 113 Å². The molecule has 0 amide bonds. The topological polar surface area (TPSA) is 29.0 Å². The van der Waals surface area contributed by atoms with Gasteiger partial charge in [0.2, 0.25) is 0 Å². The maximum absolute atomic E-state index is 4.42. The molecule has 0 N–H and O–H groups in total. The van der Waals surface area contributed by atoms with E-state index >= 15 is 0 Å². The minimum atomic E-state index is 0.812. The second-order valence-electron chi connectivity index (χ2n) is 11.0. The molecule has 0 unspecified atom stereocenters. The number of fused-ring (bicyclic) bond motifs is 1. The number of aromatic nitrogens is 2. The molecule has 1 fully saturated rings. The highest BCUT2D eigenvalue weighted by Gasteiger charge is 2.13. The third-order valence-electron chi connectivity index (χ3n) is 7.45. The standard InChI is InChI=1S/C16H18.C11H13N3.C8H16/c1-2-15-10-6-7-11-16(15)13-12-14-8-4-3-5-9-14;1-8-12-10-7-5-4-6-9(10)11(13-8)14(2)3;1-7-3-5-8(2)6-4-7/h3-11H,2,12-13H2,1H3;4-7H,1-3H3;7-8H,3-6H2,1-2H3. The Morgan fingerprint density at radius 3 is 1.84 bits per heavy atom. The van der Waals surface area contributed by atoms with Crippen molar-refractivity contribution in [3.8, 4) is 0 Å². The summed E-state index contributed by atoms with van der Waals surface area (Å²) in [6.45, 7) is 8.87. The van der Waals surface area contributed by atoms with Gasteiger partial charge in [-0.2, -0.15) is 0 Å². The van der Waals surface area contributed by atoms with E-state index in [-0.39, 0.29) is 0 Å². The molecule has 0 radical (unpaired) electrons. The molecule has 1 aliphatic carbocycles. The molecule has 1 aliphatic rings. The van der Waals surface area contributed by atoms with Crippen LogP contribution in [0.5, 0.6) is 0 Å². The number of anilines is 1. The van der Waals surface area contributed by atoms with Crippen LogP contribution in [0.2, 0.25) is 0 Å². The number of benzene rings is 3. The smallest absolute Gasteiger partial charge is 0.139 e. The lowest BCUT2D eigenvalue weighted by Gasteiger charge is -2.22. The maximum Gasteiger partial charge on any atom is 0.139 e. The predicted octanol–water partition coefficient (Wildman–Crippen LogP) is 8.87. The minimum Gasteiger partial charge on any atom is -0.362 e. The number of aryl methyl sites for hydroxylation is 4. The summed E-state index contributed by atoms with van der Waals surface area (Å²) < 4.78 is 0. The first kappa shape index (κ1) is 29.4. The van der Waals surface area contributed by atoms with Gasteiger partial charge in [-0.3, -0.25) is 0 Å². The Kier molecular flexibility index (Phi) is 11.8. The first-order valence-electron chi connectivity index (χ1n) is 14.4. The molecule has 3 heteroatoms. The van der Waals surface area contributed by atoms with Gasteiger partial charge in [-0.25, -0.2) is 9.97 Å². The maximum atomic E-state index is 4.42. The zero-order chi connectivity index (χ0) is 27.3. The molecule has 0 aliphatic heterocycles. The quantitative estimate of drug-likeness (QED) is 0.269. The minimum absolute atomic E-state index is 0.812. The fraction of sp³-hybridized carbons (Fsp3) is 0.429. The van der Waals surface area contributed by atoms with Gasteiger partial charge in [-0.05, 0) is 66.8 Å². The Bertz CT molecular complexity index is 1210. The third-order valence-corrected chi connectivity index (χ3v) is 7.45. The van der Waals surface area contributed by atoms with Crippen molar-refractivity contribution in [1.82, 2.24) is 9.97 Å². The van der Waals surface area contributed by atoms with Crippen molar-refractivity contribution < 1.29 is 0 Å². The largest absolute Gasteiger partial charge is 0.362 e. The Labute approximate surface area is 231 Å². The van der Waals surface area contributed by atoms with E-state index in [9.17, 15) is 0 Å². The van der Waals surface area contributed by atoms with E-state index in [4.69, 9.17) is 0 Å². The number of rotatable bonds is 5. The lowest BCUT2D eigenvalue weighted by molar-refractivity contribution is 0.308. The molecule has 1 saturated carbocycles. The summed E-state index contributed by atoms with van der Waals surface area (Å²) in [4.78, 5) is 10.8. The molecular formula is C35H47N3. The van der Waals surface area contributed by atoms with Gasteiger partial charge in [0.05, 0.1) is 5.52 Å². The van der Waals surface area contributed by atoms with Gasteiger partial charge in [0.15, 0.2) is 0 Å². The zero-order valence-electron chi connectivity index (χ0n) is 24.5. The van der Waals surface area contributed by atoms with Crippen molar-refractivity contribution in [2.45, 2.75) is 72.6 Å². The average molecular weight is 510 g/mol. The van der Waals surface area contributed by atoms with Crippen LogP contribution in [0.1, 0.15) is 69.0 Å². The zero-order valence-corrected chi connectivity index (χ0v) is 24.5. The van der Waals surface area contributed by atoms with Gasteiger partial charge in [0, 0.05) is 19.5 Å². The molecule has 38 heavy (non-hydrogen) atoms. The molecule has 5 rings (SSSR count). The van der Waals surface area contributed by atoms with Crippen molar-refractivity contribution in [3.05, 3.63) is 101 Å². The van der Waals surface area contributed by atoms with E-state index in [2.05, 4.69) is 85.3 Å². The van der Waals surface area contributed by atoms with Crippen molar-refractivity contribution in [2.24, 2.45) is 11.8 Å². The summed E-state index contributed by atoms with van der Waals surface area (Å²) in [5, 5.41) is 1.10. The van der Waals surface area contributed by atoms with Gasteiger partial charge < -0.3 is 4.90 Å². The molecule has 202 valence electrons. The highest BCUT2D eigenvalue weighted by molar-refractivity contribution is 5.89. The lowest BCUT2D eigenvalue weighted by Crippen LogP contribution is -2.12. The SMILES string of the molecule is CC1CCC(C)CC1.CCc1ccccc1CCc1ccccc1.Cc1nc(N(C)C)c2ccccc2n1. The number of nitrogens with zero attached hydrogens (tertiary/aromatic N) is 3. The summed E-state index contributed by atoms with van der Waals surface area (Å²) in [5.74, 6) is 3.83. The molecule has 3 aromatic carbocycles. The summed E-state index contributed by atoms with van der Waals surface area (Å²) in [7, 11) is 3.99. The second-order valence-corrected chi connectivity index (χ2v) is 11.0. The fourth-order valence-corrected chi connectivity index (χ4v) is 5.01. The number of para-hydroxylation sites is 1. The fourth-order valence-electron chi connectivity index (χ4n) is 5.01. The summed E-state index contributed by atoms with van der Waals surface area (Å²) in [6.07, 6.45) is 9.31. The Morgan fingerprint density at radius 1 is 0.684 bits per heavy atom. The van der Waals surface area contributed by atoms with Crippen molar-refractivity contribution in [2.75, 3.05) is 19.0 Å². The van der Waals surface area contributed by atoms with E-state index in [1.54, 1.807) is 0 Å². The Hall–Kier alpha value is -3.20. The Balaban J connectivity index is 0.000000166. The number of hydrogen-bond donors (Lipinski definition) is 0. The van der Waals surface area contributed by atoms with Crippen LogP contribution in [0.4, 0.5) is 5.82 Å². The first-order valence-corrected chi connectivity index (χ1v) is 14.4. The van der Waals surface area contributed by atoms with Crippen LogP contribution < -0.4 is 4.90 Å². The molecule has 0 atom stereocenters. The van der Waals surface area contributed by atoms with Crippen molar-refractivity contribution in [1.29, 1.82) is 0 Å². The van der Waals surface area contributed by atoms with Crippen LogP contribution >= 0.6 is 0 Å². The van der Waals surface area contributed by atoms with Crippen LogP contribution in [0.3, 0.4) is 0 Å². The highest BCUT2D eigenvalue weighted by atomic mass is 15.1. The van der Waals surface area contributed by atoms with Crippen LogP contribution in [0, 0.1) is 18.8 Å². The van der Waals surface area contributed by atoms with Gasteiger partial charge in [0.25, 0.3) is 0 Å². The van der Waals surface area contributed by atoms with Gasteiger partial charge in [0.1, 0.15) is 11.6 Å². The summed E-state index contributed by atoms with van der Waals surface area (Å²) in [6, 6.07) is 27.5. The molecule has 0 bridgehead atoms. The van der Waals surface area contributed by atoms with Crippen LogP contribution in [-0.2, 0) is 19.3 Å². The molecular weight excluding hydrogens is 462 g/mol.